The van der Waals surface area contributed by atoms with E-state index >= 15 is 0 Å². The van der Waals surface area contributed by atoms with Gasteiger partial charge in [0, 0.05) is 6.54 Å². The Bertz CT molecular complexity index is 463. The summed E-state index contributed by atoms with van der Waals surface area (Å²) >= 11 is 1.43. The second-order valence-corrected chi connectivity index (χ2v) is 5.01. The van der Waals surface area contributed by atoms with Gasteiger partial charge in [0.2, 0.25) is 5.91 Å². The summed E-state index contributed by atoms with van der Waals surface area (Å²) in [6.07, 6.45) is -0.0794. The van der Waals surface area contributed by atoms with E-state index in [0.717, 1.165) is 5.56 Å². The van der Waals surface area contributed by atoms with Crippen LogP contribution in [-0.4, -0.2) is 34.2 Å². The number of carboxylic acids is 1. The fourth-order valence-electron chi connectivity index (χ4n) is 1.82. The summed E-state index contributed by atoms with van der Waals surface area (Å²) < 4.78 is 12.8. The molecule has 0 aliphatic carbocycles. The standard InChI is InChI=1S/C12H12FNO3S/c13-9-3-1-8(2-4-9)12-14(6-5-11(16)17)10(15)7-18-12/h1-4,12H,5-7H2,(H,16,17)/t12-/m0/s1. The van der Waals surface area contributed by atoms with Crippen LogP contribution in [0.5, 0.6) is 0 Å². The van der Waals surface area contributed by atoms with Gasteiger partial charge in [0.15, 0.2) is 0 Å². The Morgan fingerprint density at radius 2 is 2.11 bits per heavy atom. The van der Waals surface area contributed by atoms with E-state index in [1.54, 1.807) is 12.1 Å². The first kappa shape index (κ1) is 12.9. The Labute approximate surface area is 108 Å². The van der Waals surface area contributed by atoms with Crippen molar-refractivity contribution in [3.8, 4) is 0 Å². The molecule has 96 valence electrons. The number of benzene rings is 1. The number of halogens is 1. The number of rotatable bonds is 4. The molecule has 6 heteroatoms. The topological polar surface area (TPSA) is 57.6 Å². The van der Waals surface area contributed by atoms with Gasteiger partial charge in [-0.05, 0) is 17.7 Å². The summed E-state index contributed by atoms with van der Waals surface area (Å²) in [5.41, 5.74) is 0.817. The van der Waals surface area contributed by atoms with E-state index in [4.69, 9.17) is 5.11 Å². The number of aliphatic carboxylic acids is 1. The van der Waals surface area contributed by atoms with Gasteiger partial charge in [-0.3, -0.25) is 9.59 Å². The molecule has 1 aliphatic rings. The van der Waals surface area contributed by atoms with E-state index < -0.39 is 5.97 Å². The molecule has 1 N–H and O–H groups in total. The second kappa shape index (κ2) is 5.39. The van der Waals surface area contributed by atoms with E-state index in [2.05, 4.69) is 0 Å². The molecule has 2 rings (SSSR count). The molecule has 1 aliphatic heterocycles. The highest BCUT2D eigenvalue weighted by Gasteiger charge is 2.32. The van der Waals surface area contributed by atoms with Crippen molar-refractivity contribution in [1.29, 1.82) is 0 Å². The van der Waals surface area contributed by atoms with Crippen LogP contribution in [0.4, 0.5) is 4.39 Å². The van der Waals surface area contributed by atoms with Gasteiger partial charge in [0.25, 0.3) is 0 Å². The van der Waals surface area contributed by atoms with Crippen molar-refractivity contribution in [2.45, 2.75) is 11.8 Å². The number of amides is 1. The van der Waals surface area contributed by atoms with Crippen molar-refractivity contribution in [2.75, 3.05) is 12.3 Å². The van der Waals surface area contributed by atoms with Crippen molar-refractivity contribution < 1.29 is 19.1 Å². The van der Waals surface area contributed by atoms with Gasteiger partial charge in [0.05, 0.1) is 12.2 Å². The van der Waals surface area contributed by atoms with Gasteiger partial charge < -0.3 is 10.0 Å². The molecule has 4 nitrogen and oxygen atoms in total. The van der Waals surface area contributed by atoms with Crippen molar-refractivity contribution in [3.05, 3.63) is 35.6 Å². The maximum Gasteiger partial charge on any atom is 0.305 e. The predicted molar refractivity (Wildman–Crippen MR) is 65.6 cm³/mol. The first-order chi connectivity index (χ1) is 8.58. The Morgan fingerprint density at radius 1 is 1.44 bits per heavy atom. The van der Waals surface area contributed by atoms with Crippen LogP contribution in [-0.2, 0) is 9.59 Å². The molecule has 1 aromatic rings. The van der Waals surface area contributed by atoms with Crippen molar-refractivity contribution in [3.63, 3.8) is 0 Å². The van der Waals surface area contributed by atoms with Gasteiger partial charge in [-0.2, -0.15) is 0 Å². The molecule has 1 amide bonds. The lowest BCUT2D eigenvalue weighted by Crippen LogP contribution is -2.30. The number of carbonyl (C=O) groups excluding carboxylic acids is 1. The first-order valence-electron chi connectivity index (χ1n) is 5.46. The molecular formula is C12H12FNO3S. The lowest BCUT2D eigenvalue weighted by molar-refractivity contribution is -0.138. The summed E-state index contributed by atoms with van der Waals surface area (Å²) in [6, 6.07) is 5.93. The molecule has 1 saturated heterocycles. The number of nitrogens with zero attached hydrogens (tertiary/aromatic N) is 1. The highest BCUT2D eigenvalue weighted by Crippen LogP contribution is 2.38. The molecule has 0 bridgehead atoms. The third-order valence-electron chi connectivity index (χ3n) is 2.69. The van der Waals surface area contributed by atoms with Crippen molar-refractivity contribution in [1.82, 2.24) is 4.90 Å². The summed E-state index contributed by atoms with van der Waals surface area (Å²) in [4.78, 5) is 23.8. The van der Waals surface area contributed by atoms with Crippen molar-refractivity contribution >= 4 is 23.6 Å². The van der Waals surface area contributed by atoms with Crippen LogP contribution >= 0.6 is 11.8 Å². The third-order valence-corrected chi connectivity index (χ3v) is 3.95. The van der Waals surface area contributed by atoms with Gasteiger partial charge in [-0.25, -0.2) is 4.39 Å². The molecule has 0 spiro atoms. The van der Waals surface area contributed by atoms with Crippen LogP contribution < -0.4 is 0 Å². The first-order valence-corrected chi connectivity index (χ1v) is 6.51. The minimum absolute atomic E-state index is 0.0735. The van der Waals surface area contributed by atoms with E-state index in [9.17, 15) is 14.0 Å². The smallest absolute Gasteiger partial charge is 0.305 e. The van der Waals surface area contributed by atoms with Crippen LogP contribution in [0.15, 0.2) is 24.3 Å². The number of hydrogen-bond acceptors (Lipinski definition) is 3. The van der Waals surface area contributed by atoms with Crippen LogP contribution in [0.25, 0.3) is 0 Å². The molecule has 0 radical (unpaired) electrons. The summed E-state index contributed by atoms with van der Waals surface area (Å²) in [5, 5.41) is 8.45. The van der Waals surface area contributed by atoms with Gasteiger partial charge in [-0.15, -0.1) is 11.8 Å². The summed E-state index contributed by atoms with van der Waals surface area (Å²) in [5.74, 6) is -1.000. The highest BCUT2D eigenvalue weighted by molar-refractivity contribution is 8.00. The van der Waals surface area contributed by atoms with Crippen LogP contribution in [0.3, 0.4) is 0 Å². The van der Waals surface area contributed by atoms with E-state index in [-0.39, 0.29) is 30.1 Å². The third kappa shape index (κ3) is 2.81. The van der Waals surface area contributed by atoms with Gasteiger partial charge in [-0.1, -0.05) is 12.1 Å². The normalized spacial score (nSPS) is 19.3. The average molecular weight is 269 g/mol. The van der Waals surface area contributed by atoms with Crippen molar-refractivity contribution in [2.24, 2.45) is 0 Å². The number of hydrogen-bond donors (Lipinski definition) is 1. The fourth-order valence-corrected chi connectivity index (χ4v) is 3.03. The zero-order chi connectivity index (χ0) is 13.1. The number of carbonyl (C=O) groups is 2. The second-order valence-electron chi connectivity index (χ2n) is 3.95. The molecule has 0 aromatic heterocycles. The van der Waals surface area contributed by atoms with Gasteiger partial charge >= 0.3 is 5.97 Å². The van der Waals surface area contributed by atoms with E-state index in [1.807, 2.05) is 0 Å². The Hall–Kier alpha value is -1.56. The number of carboxylic acid groups (broad SMARTS) is 1. The lowest BCUT2D eigenvalue weighted by Gasteiger charge is -2.23. The molecule has 0 unspecified atom stereocenters. The largest absolute Gasteiger partial charge is 0.481 e. The van der Waals surface area contributed by atoms with E-state index in [0.29, 0.717) is 5.75 Å². The Morgan fingerprint density at radius 3 is 2.72 bits per heavy atom. The molecule has 0 saturated carbocycles. The number of thioether (sulfide) groups is 1. The SMILES string of the molecule is O=C(O)CCN1C(=O)CS[C@H]1c1ccc(F)cc1. The van der Waals surface area contributed by atoms with E-state index in [1.165, 1.54) is 28.8 Å². The summed E-state index contributed by atoms with van der Waals surface area (Å²) in [6.45, 7) is 0.184. The summed E-state index contributed by atoms with van der Waals surface area (Å²) in [7, 11) is 0. The van der Waals surface area contributed by atoms with Crippen LogP contribution in [0, 0.1) is 5.82 Å². The zero-order valence-corrected chi connectivity index (χ0v) is 10.3. The molecule has 1 atom stereocenters. The average Bonchev–Trinajstić information content (AvgIpc) is 2.69. The lowest BCUT2D eigenvalue weighted by atomic mass is 10.2. The zero-order valence-electron chi connectivity index (χ0n) is 9.51. The highest BCUT2D eigenvalue weighted by atomic mass is 32.2. The Balaban J connectivity index is 2.13. The maximum atomic E-state index is 12.8. The monoisotopic (exact) mass is 269 g/mol. The van der Waals surface area contributed by atoms with Gasteiger partial charge in [0.1, 0.15) is 11.2 Å². The van der Waals surface area contributed by atoms with Crippen LogP contribution in [0.2, 0.25) is 0 Å². The minimum atomic E-state index is -0.933. The molecule has 1 fully saturated rings. The fraction of sp³-hybridized carbons (Fsp3) is 0.333. The molecular weight excluding hydrogens is 257 g/mol. The Kier molecular flexibility index (Phi) is 3.86. The maximum absolute atomic E-state index is 12.8. The molecule has 1 heterocycles. The molecule has 18 heavy (non-hydrogen) atoms. The predicted octanol–water partition coefficient (Wildman–Crippen LogP) is 1.87. The quantitative estimate of drug-likeness (QED) is 0.906. The molecule has 1 aromatic carbocycles. The van der Waals surface area contributed by atoms with Crippen LogP contribution in [0.1, 0.15) is 17.4 Å². The minimum Gasteiger partial charge on any atom is -0.481 e.